The standard InChI is InChI=1S/C16H14FN5O2/c17-12-6-7-15(22-10-18-20-21-22)13(8-12)16(24)19-14(9-23)11-4-2-1-3-5-11/h1-8,10,14,23H,9H2,(H,19,24)/t14-/m0/s1. The van der Waals surface area contributed by atoms with Gasteiger partial charge in [0.05, 0.1) is 23.9 Å². The minimum absolute atomic E-state index is 0.0664. The van der Waals surface area contributed by atoms with Crippen molar-refractivity contribution in [2.45, 2.75) is 6.04 Å². The van der Waals surface area contributed by atoms with E-state index in [1.165, 1.54) is 23.1 Å². The fourth-order valence-corrected chi connectivity index (χ4v) is 2.32. The second kappa shape index (κ2) is 6.97. The van der Waals surface area contributed by atoms with Gasteiger partial charge in [-0.1, -0.05) is 30.3 Å². The number of aliphatic hydroxyl groups excluding tert-OH is 1. The highest BCUT2D eigenvalue weighted by atomic mass is 19.1. The predicted molar refractivity (Wildman–Crippen MR) is 82.8 cm³/mol. The summed E-state index contributed by atoms with van der Waals surface area (Å²) in [7, 11) is 0. The summed E-state index contributed by atoms with van der Waals surface area (Å²) in [4.78, 5) is 12.6. The third-order valence-electron chi connectivity index (χ3n) is 3.49. The molecule has 3 rings (SSSR count). The van der Waals surface area contributed by atoms with Gasteiger partial charge in [0.25, 0.3) is 5.91 Å². The lowest BCUT2D eigenvalue weighted by Gasteiger charge is -2.18. The molecule has 8 heteroatoms. The number of nitrogens with one attached hydrogen (secondary N) is 1. The van der Waals surface area contributed by atoms with Gasteiger partial charge < -0.3 is 10.4 Å². The number of nitrogens with zero attached hydrogens (tertiary/aromatic N) is 4. The summed E-state index contributed by atoms with van der Waals surface area (Å²) < 4.78 is 14.9. The van der Waals surface area contributed by atoms with Crippen LogP contribution in [0.1, 0.15) is 22.0 Å². The van der Waals surface area contributed by atoms with Gasteiger partial charge in [-0.2, -0.15) is 4.68 Å². The first kappa shape index (κ1) is 15.8. The molecule has 122 valence electrons. The maximum absolute atomic E-state index is 13.6. The summed E-state index contributed by atoms with van der Waals surface area (Å²) in [6.07, 6.45) is 1.31. The molecule has 0 spiro atoms. The molecule has 1 atom stereocenters. The summed E-state index contributed by atoms with van der Waals surface area (Å²) in [5.74, 6) is -1.10. The number of aromatic nitrogens is 4. The number of benzene rings is 2. The quantitative estimate of drug-likeness (QED) is 0.736. The molecule has 0 bridgehead atoms. The third-order valence-corrected chi connectivity index (χ3v) is 3.49. The van der Waals surface area contributed by atoms with Crippen molar-refractivity contribution in [1.29, 1.82) is 0 Å². The molecule has 0 fully saturated rings. The topological polar surface area (TPSA) is 92.9 Å². The second-order valence-corrected chi connectivity index (χ2v) is 5.04. The lowest BCUT2D eigenvalue weighted by molar-refractivity contribution is 0.0915. The first-order valence-electron chi connectivity index (χ1n) is 7.18. The van der Waals surface area contributed by atoms with Gasteiger partial charge in [-0.05, 0) is 34.2 Å². The summed E-state index contributed by atoms with van der Waals surface area (Å²) in [6.45, 7) is -0.286. The highest BCUT2D eigenvalue weighted by Crippen LogP contribution is 2.18. The summed E-state index contributed by atoms with van der Waals surface area (Å²) in [5.41, 5.74) is 1.15. The number of hydrogen-bond acceptors (Lipinski definition) is 5. The van der Waals surface area contributed by atoms with Gasteiger partial charge in [0.1, 0.15) is 12.1 Å². The van der Waals surface area contributed by atoms with Crippen LogP contribution in [0.4, 0.5) is 4.39 Å². The smallest absolute Gasteiger partial charge is 0.254 e. The van der Waals surface area contributed by atoms with E-state index in [2.05, 4.69) is 20.8 Å². The Morgan fingerprint density at radius 1 is 1.25 bits per heavy atom. The Labute approximate surface area is 136 Å². The molecular weight excluding hydrogens is 313 g/mol. The highest BCUT2D eigenvalue weighted by molar-refractivity contribution is 5.98. The van der Waals surface area contributed by atoms with E-state index in [1.54, 1.807) is 24.3 Å². The molecule has 2 aromatic carbocycles. The Bertz CT molecular complexity index is 824. The van der Waals surface area contributed by atoms with Crippen molar-refractivity contribution in [2.24, 2.45) is 0 Å². The van der Waals surface area contributed by atoms with Crippen molar-refractivity contribution in [3.63, 3.8) is 0 Å². The van der Waals surface area contributed by atoms with Crippen molar-refractivity contribution >= 4 is 5.91 Å². The number of aliphatic hydroxyl groups is 1. The van der Waals surface area contributed by atoms with Crippen LogP contribution in [0.5, 0.6) is 0 Å². The number of tetrazole rings is 1. The van der Waals surface area contributed by atoms with Crippen LogP contribution in [-0.2, 0) is 0 Å². The maximum Gasteiger partial charge on any atom is 0.254 e. The van der Waals surface area contributed by atoms with Crippen molar-refractivity contribution in [3.05, 3.63) is 71.8 Å². The number of hydrogen-bond donors (Lipinski definition) is 2. The van der Waals surface area contributed by atoms with Gasteiger partial charge >= 0.3 is 0 Å². The molecule has 1 amide bonds. The fourth-order valence-electron chi connectivity index (χ4n) is 2.32. The molecule has 0 radical (unpaired) electrons. The summed E-state index contributed by atoms with van der Waals surface area (Å²) in [6, 6.07) is 12.1. The van der Waals surface area contributed by atoms with Crippen LogP contribution < -0.4 is 5.32 Å². The third kappa shape index (κ3) is 3.28. The molecule has 1 aromatic heterocycles. The average Bonchev–Trinajstić information content (AvgIpc) is 3.14. The highest BCUT2D eigenvalue weighted by Gasteiger charge is 2.19. The summed E-state index contributed by atoms with van der Waals surface area (Å²) >= 11 is 0. The van der Waals surface area contributed by atoms with Crippen LogP contribution in [0, 0.1) is 5.82 Å². The van der Waals surface area contributed by atoms with Crippen molar-refractivity contribution < 1.29 is 14.3 Å². The molecule has 0 saturated heterocycles. The Hall–Kier alpha value is -3.13. The molecular formula is C16H14FN5O2. The van der Waals surface area contributed by atoms with Gasteiger partial charge in [0.15, 0.2) is 0 Å². The van der Waals surface area contributed by atoms with Gasteiger partial charge in [0, 0.05) is 0 Å². The zero-order valence-corrected chi connectivity index (χ0v) is 12.5. The molecule has 0 saturated carbocycles. The molecule has 0 aliphatic rings. The monoisotopic (exact) mass is 327 g/mol. The molecule has 2 N–H and O–H groups in total. The van der Waals surface area contributed by atoms with Crippen LogP contribution in [-0.4, -0.2) is 37.8 Å². The predicted octanol–water partition coefficient (Wildman–Crippen LogP) is 1.26. The Morgan fingerprint density at radius 3 is 2.71 bits per heavy atom. The van der Waals surface area contributed by atoms with Gasteiger partial charge in [-0.3, -0.25) is 4.79 Å². The van der Waals surface area contributed by atoms with Crippen LogP contribution in [0.2, 0.25) is 0 Å². The second-order valence-electron chi connectivity index (χ2n) is 5.04. The zero-order chi connectivity index (χ0) is 16.9. The number of halogens is 1. The van der Waals surface area contributed by atoms with E-state index in [9.17, 15) is 14.3 Å². The van der Waals surface area contributed by atoms with Gasteiger partial charge in [0.2, 0.25) is 0 Å². The van der Waals surface area contributed by atoms with E-state index in [1.807, 2.05) is 6.07 Å². The zero-order valence-electron chi connectivity index (χ0n) is 12.5. The number of carbonyl (C=O) groups is 1. The number of carbonyl (C=O) groups excluding carboxylic acids is 1. The molecule has 0 aliphatic heterocycles. The first-order valence-corrected chi connectivity index (χ1v) is 7.18. The molecule has 3 aromatic rings. The summed E-state index contributed by atoms with van der Waals surface area (Å²) in [5, 5.41) is 23.0. The average molecular weight is 327 g/mol. The lowest BCUT2D eigenvalue weighted by atomic mass is 10.1. The van der Waals surface area contributed by atoms with E-state index >= 15 is 0 Å². The van der Waals surface area contributed by atoms with E-state index in [0.717, 1.165) is 11.6 Å². The first-order chi connectivity index (χ1) is 11.7. The molecule has 1 heterocycles. The SMILES string of the molecule is O=C(N[C@@H](CO)c1ccccc1)c1cc(F)ccc1-n1cnnn1. The Morgan fingerprint density at radius 2 is 2.04 bits per heavy atom. The van der Waals surface area contributed by atoms with E-state index in [0.29, 0.717) is 5.69 Å². The van der Waals surface area contributed by atoms with Crippen molar-refractivity contribution in [2.75, 3.05) is 6.61 Å². The van der Waals surface area contributed by atoms with Crippen molar-refractivity contribution in [1.82, 2.24) is 25.5 Å². The fraction of sp³-hybridized carbons (Fsp3) is 0.125. The normalized spacial score (nSPS) is 11.9. The molecule has 7 nitrogen and oxygen atoms in total. The largest absolute Gasteiger partial charge is 0.394 e. The Balaban J connectivity index is 1.91. The van der Waals surface area contributed by atoms with E-state index in [4.69, 9.17) is 0 Å². The molecule has 0 unspecified atom stereocenters. The van der Waals surface area contributed by atoms with Gasteiger partial charge in [-0.15, -0.1) is 5.10 Å². The number of rotatable bonds is 5. The molecule has 0 aliphatic carbocycles. The molecule has 24 heavy (non-hydrogen) atoms. The minimum Gasteiger partial charge on any atom is -0.394 e. The maximum atomic E-state index is 13.6. The lowest BCUT2D eigenvalue weighted by Crippen LogP contribution is -2.31. The Kier molecular flexibility index (Phi) is 4.57. The van der Waals surface area contributed by atoms with Crippen LogP contribution >= 0.6 is 0 Å². The minimum atomic E-state index is -0.608. The number of amides is 1. The van der Waals surface area contributed by atoms with Crippen molar-refractivity contribution in [3.8, 4) is 5.69 Å². The van der Waals surface area contributed by atoms with Crippen LogP contribution in [0.15, 0.2) is 54.9 Å². The van der Waals surface area contributed by atoms with E-state index < -0.39 is 17.8 Å². The van der Waals surface area contributed by atoms with E-state index in [-0.39, 0.29) is 12.2 Å². The van der Waals surface area contributed by atoms with Crippen LogP contribution in [0.25, 0.3) is 5.69 Å². The van der Waals surface area contributed by atoms with Crippen LogP contribution in [0.3, 0.4) is 0 Å². The van der Waals surface area contributed by atoms with Gasteiger partial charge in [-0.25, -0.2) is 4.39 Å².